The minimum atomic E-state index is 0.786. The van der Waals surface area contributed by atoms with E-state index in [-0.39, 0.29) is 0 Å². The Morgan fingerprint density at radius 2 is 2.30 bits per heavy atom. The Balaban J connectivity index is 2.51. The SMILES string of the molecule is C=C1Nc2cccnc2N1. The summed E-state index contributed by atoms with van der Waals surface area (Å²) in [5.41, 5.74) is 0.993. The minimum Gasteiger partial charge on any atom is -0.339 e. The zero-order valence-electron chi connectivity index (χ0n) is 5.39. The van der Waals surface area contributed by atoms with Crippen molar-refractivity contribution in [2.24, 2.45) is 0 Å². The van der Waals surface area contributed by atoms with Crippen LogP contribution in [0.2, 0.25) is 0 Å². The lowest BCUT2D eigenvalue weighted by atomic mass is 10.4. The molecule has 0 amide bonds. The number of fused-ring (bicyclic) bond motifs is 1. The molecule has 1 aromatic rings. The predicted molar refractivity (Wildman–Crippen MR) is 40.6 cm³/mol. The van der Waals surface area contributed by atoms with E-state index in [9.17, 15) is 0 Å². The van der Waals surface area contributed by atoms with Crippen molar-refractivity contribution in [3.63, 3.8) is 0 Å². The van der Waals surface area contributed by atoms with Gasteiger partial charge in [-0.1, -0.05) is 6.58 Å². The fourth-order valence-corrected chi connectivity index (χ4v) is 0.943. The molecule has 0 radical (unpaired) electrons. The number of pyridine rings is 1. The highest BCUT2D eigenvalue weighted by Gasteiger charge is 2.10. The molecule has 0 fully saturated rings. The number of nitrogens with one attached hydrogen (secondary N) is 2. The van der Waals surface area contributed by atoms with E-state index in [4.69, 9.17) is 0 Å². The maximum atomic E-state index is 4.08. The van der Waals surface area contributed by atoms with Crippen LogP contribution < -0.4 is 10.6 Å². The van der Waals surface area contributed by atoms with Gasteiger partial charge >= 0.3 is 0 Å². The molecule has 1 aliphatic rings. The number of hydrogen-bond donors (Lipinski definition) is 2. The Morgan fingerprint density at radius 1 is 1.40 bits per heavy atom. The van der Waals surface area contributed by atoms with Gasteiger partial charge in [0.2, 0.25) is 0 Å². The maximum Gasteiger partial charge on any atom is 0.155 e. The van der Waals surface area contributed by atoms with Gasteiger partial charge in [-0.25, -0.2) is 4.98 Å². The average molecular weight is 133 g/mol. The van der Waals surface area contributed by atoms with Gasteiger partial charge in [0.15, 0.2) is 5.82 Å². The van der Waals surface area contributed by atoms with Gasteiger partial charge in [-0.3, -0.25) is 0 Å². The Kier molecular flexibility index (Phi) is 0.917. The molecule has 0 saturated heterocycles. The molecule has 50 valence electrons. The molecule has 3 nitrogen and oxygen atoms in total. The molecule has 2 heterocycles. The monoisotopic (exact) mass is 133 g/mol. The average Bonchev–Trinajstić information content (AvgIpc) is 2.27. The second kappa shape index (κ2) is 1.73. The summed E-state index contributed by atoms with van der Waals surface area (Å²) in [5, 5.41) is 6.01. The number of rotatable bonds is 0. The molecular weight excluding hydrogens is 126 g/mol. The lowest BCUT2D eigenvalue weighted by Gasteiger charge is -1.91. The lowest BCUT2D eigenvalue weighted by Crippen LogP contribution is -1.95. The van der Waals surface area contributed by atoms with Crippen LogP contribution in [0, 0.1) is 0 Å². The predicted octanol–water partition coefficient (Wildman–Crippen LogP) is 1.39. The van der Waals surface area contributed by atoms with E-state index in [1.165, 1.54) is 0 Å². The maximum absolute atomic E-state index is 4.08. The van der Waals surface area contributed by atoms with E-state index >= 15 is 0 Å². The first-order valence-electron chi connectivity index (χ1n) is 3.04. The van der Waals surface area contributed by atoms with E-state index in [0.717, 1.165) is 17.3 Å². The first-order chi connectivity index (χ1) is 4.86. The number of hydrogen-bond acceptors (Lipinski definition) is 3. The fraction of sp³-hybridized carbons (Fsp3) is 0. The lowest BCUT2D eigenvalue weighted by molar-refractivity contribution is 1.34. The summed E-state index contributed by atoms with van der Waals surface area (Å²) in [6.07, 6.45) is 1.74. The first-order valence-corrected chi connectivity index (χ1v) is 3.04. The highest BCUT2D eigenvalue weighted by Crippen LogP contribution is 2.25. The summed E-state index contributed by atoms with van der Waals surface area (Å²) >= 11 is 0. The van der Waals surface area contributed by atoms with Crippen molar-refractivity contribution in [3.8, 4) is 0 Å². The third-order valence-electron chi connectivity index (χ3n) is 1.36. The molecule has 0 spiro atoms. The zero-order chi connectivity index (χ0) is 6.97. The van der Waals surface area contributed by atoms with Gasteiger partial charge in [-0.15, -0.1) is 0 Å². The largest absolute Gasteiger partial charge is 0.339 e. The van der Waals surface area contributed by atoms with Crippen LogP contribution >= 0.6 is 0 Å². The Morgan fingerprint density at radius 3 is 3.10 bits per heavy atom. The molecular formula is C7H7N3. The molecule has 2 rings (SSSR count). The summed E-state index contributed by atoms with van der Waals surface area (Å²) < 4.78 is 0. The van der Waals surface area contributed by atoms with Gasteiger partial charge in [-0.2, -0.15) is 0 Å². The molecule has 0 atom stereocenters. The van der Waals surface area contributed by atoms with Crippen LogP contribution in [-0.4, -0.2) is 4.98 Å². The normalized spacial score (nSPS) is 13.8. The molecule has 0 aromatic carbocycles. The molecule has 0 saturated carbocycles. The van der Waals surface area contributed by atoms with Crippen molar-refractivity contribution in [1.82, 2.24) is 4.98 Å². The third-order valence-corrected chi connectivity index (χ3v) is 1.36. The fourth-order valence-electron chi connectivity index (χ4n) is 0.943. The zero-order valence-corrected chi connectivity index (χ0v) is 5.39. The first kappa shape index (κ1) is 5.29. The number of aromatic nitrogens is 1. The van der Waals surface area contributed by atoms with Crippen molar-refractivity contribution >= 4 is 11.5 Å². The minimum absolute atomic E-state index is 0.786. The molecule has 0 aliphatic carbocycles. The molecule has 2 N–H and O–H groups in total. The quantitative estimate of drug-likeness (QED) is 0.561. The Bertz CT molecular complexity index is 253. The van der Waals surface area contributed by atoms with Crippen LogP contribution in [0.5, 0.6) is 0 Å². The van der Waals surface area contributed by atoms with Crippen LogP contribution in [0.3, 0.4) is 0 Å². The Hall–Kier alpha value is -1.51. The summed E-state index contributed by atoms with van der Waals surface area (Å²) in [6.45, 7) is 3.71. The van der Waals surface area contributed by atoms with E-state index in [1.807, 2.05) is 12.1 Å². The van der Waals surface area contributed by atoms with E-state index in [2.05, 4.69) is 22.2 Å². The summed E-state index contributed by atoms with van der Waals surface area (Å²) in [4.78, 5) is 4.08. The van der Waals surface area contributed by atoms with Crippen LogP contribution in [0.4, 0.5) is 11.5 Å². The molecule has 10 heavy (non-hydrogen) atoms. The van der Waals surface area contributed by atoms with Gasteiger partial charge in [0.05, 0.1) is 5.69 Å². The highest BCUT2D eigenvalue weighted by atomic mass is 15.2. The summed E-state index contributed by atoms with van der Waals surface area (Å²) in [7, 11) is 0. The molecule has 1 aromatic heterocycles. The molecule has 3 heteroatoms. The van der Waals surface area contributed by atoms with Gasteiger partial charge < -0.3 is 10.6 Å². The van der Waals surface area contributed by atoms with Crippen molar-refractivity contribution < 1.29 is 0 Å². The number of nitrogens with zero attached hydrogens (tertiary/aromatic N) is 1. The second-order valence-corrected chi connectivity index (χ2v) is 2.13. The third kappa shape index (κ3) is 0.639. The van der Waals surface area contributed by atoms with E-state index < -0.39 is 0 Å². The van der Waals surface area contributed by atoms with Crippen LogP contribution in [0.15, 0.2) is 30.7 Å². The van der Waals surface area contributed by atoms with Gasteiger partial charge in [0.25, 0.3) is 0 Å². The van der Waals surface area contributed by atoms with Crippen molar-refractivity contribution in [2.75, 3.05) is 10.6 Å². The number of anilines is 2. The van der Waals surface area contributed by atoms with Crippen molar-refractivity contribution in [2.45, 2.75) is 0 Å². The standard InChI is InChI=1S/C7H7N3/c1-5-9-6-3-2-4-8-7(6)10-5/h2-4,9H,1H2,(H,8,10). The van der Waals surface area contributed by atoms with Crippen molar-refractivity contribution in [3.05, 3.63) is 30.7 Å². The van der Waals surface area contributed by atoms with Crippen LogP contribution in [-0.2, 0) is 0 Å². The van der Waals surface area contributed by atoms with Gasteiger partial charge in [0, 0.05) is 6.20 Å². The van der Waals surface area contributed by atoms with Gasteiger partial charge in [0.1, 0.15) is 5.82 Å². The molecule has 1 aliphatic heterocycles. The highest BCUT2D eigenvalue weighted by molar-refractivity contribution is 5.74. The van der Waals surface area contributed by atoms with E-state index in [1.54, 1.807) is 6.20 Å². The summed E-state index contributed by atoms with van der Waals surface area (Å²) in [5.74, 6) is 1.64. The topological polar surface area (TPSA) is 37.0 Å². The second-order valence-electron chi connectivity index (χ2n) is 2.13. The molecule has 0 unspecified atom stereocenters. The van der Waals surface area contributed by atoms with Crippen LogP contribution in [0.1, 0.15) is 0 Å². The Labute approximate surface area is 58.8 Å². The van der Waals surface area contributed by atoms with Gasteiger partial charge in [-0.05, 0) is 12.1 Å². The van der Waals surface area contributed by atoms with Crippen LogP contribution in [0.25, 0.3) is 0 Å². The molecule has 0 bridgehead atoms. The smallest absolute Gasteiger partial charge is 0.155 e. The van der Waals surface area contributed by atoms with E-state index in [0.29, 0.717) is 0 Å². The van der Waals surface area contributed by atoms with Crippen molar-refractivity contribution in [1.29, 1.82) is 0 Å². The summed E-state index contributed by atoms with van der Waals surface area (Å²) in [6, 6.07) is 3.83.